The number of amides is 1. The van der Waals surface area contributed by atoms with E-state index in [0.29, 0.717) is 18.2 Å². The molecule has 1 rings (SSSR count). The van der Waals surface area contributed by atoms with Crippen molar-refractivity contribution in [1.82, 2.24) is 5.32 Å². The Morgan fingerprint density at radius 2 is 1.89 bits per heavy atom. The molecular weight excluding hydrogens is 258 g/mol. The Morgan fingerprint density at radius 1 is 1.37 bits per heavy atom. The normalized spacial score (nSPS) is 29.9. The van der Waals surface area contributed by atoms with Gasteiger partial charge in [0.15, 0.2) is 0 Å². The van der Waals surface area contributed by atoms with Crippen LogP contribution in [0.15, 0.2) is 0 Å². The van der Waals surface area contributed by atoms with Gasteiger partial charge in [-0.25, -0.2) is 0 Å². The van der Waals surface area contributed by atoms with Crippen LogP contribution in [0.2, 0.25) is 0 Å². The van der Waals surface area contributed by atoms with Crippen molar-refractivity contribution in [3.63, 3.8) is 0 Å². The molecule has 1 saturated carbocycles. The number of hydrogen-bond donors (Lipinski definition) is 1. The average Bonchev–Trinajstić information content (AvgIpc) is 2.31. The number of carbonyl (C=O) groups is 1. The fourth-order valence-electron chi connectivity index (χ4n) is 2.54. The van der Waals surface area contributed by atoms with Crippen molar-refractivity contribution in [3.05, 3.63) is 0 Å². The summed E-state index contributed by atoms with van der Waals surface area (Å²) >= 11 is 6.14. The van der Waals surface area contributed by atoms with Crippen molar-refractivity contribution < 1.29 is 4.79 Å². The van der Waals surface area contributed by atoms with Gasteiger partial charge in [0.2, 0.25) is 5.91 Å². The van der Waals surface area contributed by atoms with Crippen molar-refractivity contribution in [2.45, 2.75) is 72.3 Å². The minimum atomic E-state index is -0.150. The first-order chi connectivity index (χ1) is 8.68. The minimum absolute atomic E-state index is 0.150. The van der Waals surface area contributed by atoms with Crippen LogP contribution in [0.5, 0.6) is 0 Å². The highest BCUT2D eigenvalue weighted by Gasteiger charge is 2.35. The minimum Gasteiger partial charge on any atom is -0.349 e. The highest BCUT2D eigenvalue weighted by molar-refractivity contribution is 6.18. The molecule has 112 valence electrons. The Balaban J connectivity index is 2.54. The average molecular weight is 288 g/mol. The van der Waals surface area contributed by atoms with Gasteiger partial charge < -0.3 is 5.32 Å². The molecule has 0 aliphatic heterocycles. The second kappa shape index (κ2) is 6.47. The molecule has 2 nitrogen and oxygen atoms in total. The van der Waals surface area contributed by atoms with Crippen LogP contribution >= 0.6 is 11.6 Å². The molecule has 0 aromatic heterocycles. The lowest BCUT2D eigenvalue weighted by Crippen LogP contribution is -2.52. The van der Waals surface area contributed by atoms with Crippen LogP contribution < -0.4 is 5.32 Å². The third-order valence-electron chi connectivity index (χ3n) is 4.86. The molecule has 1 unspecified atom stereocenters. The zero-order valence-electron chi connectivity index (χ0n) is 13.2. The fourth-order valence-corrected chi connectivity index (χ4v) is 2.87. The van der Waals surface area contributed by atoms with E-state index < -0.39 is 0 Å². The molecule has 0 spiro atoms. The lowest BCUT2D eigenvalue weighted by atomic mass is 9.77. The van der Waals surface area contributed by atoms with Gasteiger partial charge in [-0.15, -0.1) is 11.6 Å². The maximum atomic E-state index is 12.2. The van der Waals surface area contributed by atoms with Crippen molar-refractivity contribution in [2.75, 3.05) is 5.88 Å². The standard InChI is InChI=1S/C16H30ClNO/c1-12-6-8-16(11-17,9-7-12)18-14(19)10-13(2)15(3,4)5/h12-13H,6-11H2,1-5H3,(H,18,19). The van der Waals surface area contributed by atoms with Crippen LogP contribution in [0, 0.1) is 17.3 Å². The molecule has 0 radical (unpaired) electrons. The first kappa shape index (κ1) is 16.8. The molecule has 0 aromatic carbocycles. The molecule has 1 N–H and O–H groups in total. The predicted octanol–water partition coefficient (Wildman–Crippen LogP) is 4.36. The number of alkyl halides is 1. The summed E-state index contributed by atoms with van der Waals surface area (Å²) in [5.41, 5.74) is 0.0231. The molecule has 1 aliphatic rings. The second-order valence-electron chi connectivity index (χ2n) is 7.62. The van der Waals surface area contributed by atoms with E-state index in [0.717, 1.165) is 18.8 Å². The van der Waals surface area contributed by atoms with Gasteiger partial charge in [0.25, 0.3) is 0 Å². The third kappa shape index (κ3) is 4.98. The maximum Gasteiger partial charge on any atom is 0.220 e. The van der Waals surface area contributed by atoms with E-state index in [9.17, 15) is 4.79 Å². The van der Waals surface area contributed by atoms with Gasteiger partial charge in [0.05, 0.1) is 5.54 Å². The summed E-state index contributed by atoms with van der Waals surface area (Å²) in [5, 5.41) is 3.23. The summed E-state index contributed by atoms with van der Waals surface area (Å²) in [4.78, 5) is 12.2. The van der Waals surface area contributed by atoms with E-state index in [2.05, 4.69) is 39.9 Å². The molecule has 1 fully saturated rings. The van der Waals surface area contributed by atoms with E-state index in [-0.39, 0.29) is 16.9 Å². The Labute approximate surface area is 123 Å². The van der Waals surface area contributed by atoms with E-state index in [4.69, 9.17) is 11.6 Å². The van der Waals surface area contributed by atoms with E-state index in [1.165, 1.54) is 12.8 Å². The lowest BCUT2D eigenvalue weighted by Gasteiger charge is -2.39. The molecule has 0 aromatic rings. The summed E-state index contributed by atoms with van der Waals surface area (Å²) in [5.74, 6) is 1.84. The fraction of sp³-hybridized carbons (Fsp3) is 0.938. The second-order valence-corrected chi connectivity index (χ2v) is 7.88. The van der Waals surface area contributed by atoms with E-state index in [1.54, 1.807) is 0 Å². The zero-order chi connectivity index (χ0) is 14.7. The Bertz CT molecular complexity index is 300. The topological polar surface area (TPSA) is 29.1 Å². The summed E-state index contributed by atoms with van der Waals surface area (Å²) in [7, 11) is 0. The van der Waals surface area contributed by atoms with Gasteiger partial charge in [-0.2, -0.15) is 0 Å². The Kier molecular flexibility index (Phi) is 5.73. The molecule has 3 heteroatoms. The van der Waals surface area contributed by atoms with Crippen LogP contribution in [0.3, 0.4) is 0 Å². The number of halogens is 1. The van der Waals surface area contributed by atoms with E-state index in [1.807, 2.05) is 0 Å². The van der Waals surface area contributed by atoms with Crippen LogP contribution in [0.1, 0.15) is 66.7 Å². The molecule has 1 amide bonds. The summed E-state index contributed by atoms with van der Waals surface area (Å²) < 4.78 is 0. The molecular formula is C16H30ClNO. The molecule has 1 atom stereocenters. The highest BCUT2D eigenvalue weighted by Crippen LogP contribution is 2.34. The Morgan fingerprint density at radius 3 is 2.32 bits per heavy atom. The number of rotatable bonds is 4. The molecule has 1 aliphatic carbocycles. The monoisotopic (exact) mass is 287 g/mol. The van der Waals surface area contributed by atoms with Crippen LogP contribution in [-0.4, -0.2) is 17.3 Å². The largest absolute Gasteiger partial charge is 0.349 e. The van der Waals surface area contributed by atoms with Crippen LogP contribution in [0.25, 0.3) is 0 Å². The zero-order valence-corrected chi connectivity index (χ0v) is 13.9. The van der Waals surface area contributed by atoms with Crippen LogP contribution in [-0.2, 0) is 4.79 Å². The molecule has 0 heterocycles. The van der Waals surface area contributed by atoms with Gasteiger partial charge in [0.1, 0.15) is 0 Å². The van der Waals surface area contributed by atoms with Crippen molar-refractivity contribution >= 4 is 17.5 Å². The lowest BCUT2D eigenvalue weighted by molar-refractivity contribution is -0.124. The maximum absolute atomic E-state index is 12.2. The van der Waals surface area contributed by atoms with Crippen LogP contribution in [0.4, 0.5) is 0 Å². The number of carbonyl (C=O) groups excluding carboxylic acids is 1. The quantitative estimate of drug-likeness (QED) is 0.765. The molecule has 19 heavy (non-hydrogen) atoms. The Hall–Kier alpha value is -0.240. The molecule has 0 saturated heterocycles. The van der Waals surface area contributed by atoms with Crippen molar-refractivity contribution in [1.29, 1.82) is 0 Å². The van der Waals surface area contributed by atoms with Gasteiger partial charge in [-0.05, 0) is 42.9 Å². The number of nitrogens with one attached hydrogen (secondary N) is 1. The summed E-state index contributed by atoms with van der Waals surface area (Å²) in [6.45, 7) is 11.0. The number of hydrogen-bond acceptors (Lipinski definition) is 1. The molecule has 0 bridgehead atoms. The predicted molar refractivity (Wildman–Crippen MR) is 82.5 cm³/mol. The first-order valence-electron chi connectivity index (χ1n) is 7.55. The highest BCUT2D eigenvalue weighted by atomic mass is 35.5. The van der Waals surface area contributed by atoms with Gasteiger partial charge in [0, 0.05) is 12.3 Å². The third-order valence-corrected chi connectivity index (χ3v) is 5.37. The summed E-state index contributed by atoms with van der Waals surface area (Å²) in [6, 6.07) is 0. The van der Waals surface area contributed by atoms with Gasteiger partial charge in [-0.1, -0.05) is 34.6 Å². The SMILES string of the molecule is CC1CCC(CCl)(NC(=O)CC(C)C(C)(C)C)CC1. The van der Waals surface area contributed by atoms with Gasteiger partial charge >= 0.3 is 0 Å². The van der Waals surface area contributed by atoms with Crippen molar-refractivity contribution in [2.24, 2.45) is 17.3 Å². The smallest absolute Gasteiger partial charge is 0.220 e. The van der Waals surface area contributed by atoms with Crippen molar-refractivity contribution in [3.8, 4) is 0 Å². The van der Waals surface area contributed by atoms with E-state index >= 15 is 0 Å². The summed E-state index contributed by atoms with van der Waals surface area (Å²) in [6.07, 6.45) is 4.97. The first-order valence-corrected chi connectivity index (χ1v) is 8.09. The van der Waals surface area contributed by atoms with Gasteiger partial charge in [-0.3, -0.25) is 4.79 Å².